The van der Waals surface area contributed by atoms with Crippen LogP contribution in [0, 0.1) is 5.82 Å². The second-order valence-electron chi connectivity index (χ2n) is 5.81. The normalized spacial score (nSPS) is 17.0. The monoisotopic (exact) mass is 382 g/mol. The number of nitrogens with zero attached hydrogens (tertiary/aromatic N) is 1. The van der Waals surface area contributed by atoms with Crippen molar-refractivity contribution in [3.63, 3.8) is 0 Å². The molecule has 1 heterocycles. The molecule has 2 amide bonds. The molecule has 1 aliphatic rings. The Morgan fingerprint density at radius 3 is 2.52 bits per heavy atom. The molecule has 0 saturated carbocycles. The van der Waals surface area contributed by atoms with Crippen LogP contribution in [0.4, 0.5) is 28.9 Å². The Morgan fingerprint density at radius 2 is 1.81 bits per heavy atom. The van der Waals surface area contributed by atoms with E-state index in [9.17, 15) is 27.2 Å². The molecule has 0 spiro atoms. The van der Waals surface area contributed by atoms with Crippen molar-refractivity contribution in [3.8, 4) is 5.75 Å². The molecular formula is C18H14F4N2O3. The van der Waals surface area contributed by atoms with E-state index >= 15 is 0 Å². The summed E-state index contributed by atoms with van der Waals surface area (Å²) >= 11 is 0. The van der Waals surface area contributed by atoms with Crippen LogP contribution in [0.5, 0.6) is 5.75 Å². The summed E-state index contributed by atoms with van der Waals surface area (Å²) in [6, 6.07) is 8.51. The van der Waals surface area contributed by atoms with Gasteiger partial charge in [0.25, 0.3) is 5.91 Å². The van der Waals surface area contributed by atoms with Gasteiger partial charge in [-0.2, -0.15) is 13.2 Å². The zero-order chi connectivity index (χ0) is 19.6. The third kappa shape index (κ3) is 4.02. The molecule has 0 aliphatic carbocycles. The number of rotatable bonds is 3. The van der Waals surface area contributed by atoms with Crippen molar-refractivity contribution in [2.75, 3.05) is 16.8 Å². The fourth-order valence-electron chi connectivity index (χ4n) is 2.77. The number of carbonyl (C=O) groups excluding carboxylic acids is 2. The Hall–Kier alpha value is -3.10. The van der Waals surface area contributed by atoms with E-state index < -0.39 is 42.9 Å². The minimum atomic E-state index is -4.84. The molecule has 9 heteroatoms. The lowest BCUT2D eigenvalue weighted by atomic mass is 10.1. The summed E-state index contributed by atoms with van der Waals surface area (Å²) in [5, 5.41) is 2.36. The molecule has 27 heavy (non-hydrogen) atoms. The molecule has 1 atom stereocenters. The SMILES string of the molecule is O=C1CC(C(F)(F)F)N(C(=O)COc2ccccc2F)c2ccccc2N1. The van der Waals surface area contributed by atoms with Gasteiger partial charge >= 0.3 is 6.18 Å². The van der Waals surface area contributed by atoms with Gasteiger partial charge in [-0.3, -0.25) is 14.5 Å². The quantitative estimate of drug-likeness (QED) is 0.827. The highest BCUT2D eigenvalue weighted by Crippen LogP contribution is 2.37. The third-order valence-corrected chi connectivity index (χ3v) is 3.96. The number of para-hydroxylation sites is 3. The number of alkyl halides is 3. The summed E-state index contributed by atoms with van der Waals surface area (Å²) < 4.78 is 59.3. The van der Waals surface area contributed by atoms with Crippen LogP contribution in [0.3, 0.4) is 0 Å². The highest BCUT2D eigenvalue weighted by atomic mass is 19.4. The highest BCUT2D eigenvalue weighted by Gasteiger charge is 2.49. The first-order chi connectivity index (χ1) is 12.8. The van der Waals surface area contributed by atoms with E-state index in [2.05, 4.69) is 5.32 Å². The highest BCUT2D eigenvalue weighted by molar-refractivity contribution is 6.05. The van der Waals surface area contributed by atoms with Gasteiger partial charge in [0.2, 0.25) is 5.91 Å². The van der Waals surface area contributed by atoms with Gasteiger partial charge in [-0.05, 0) is 24.3 Å². The van der Waals surface area contributed by atoms with Gasteiger partial charge in [-0.15, -0.1) is 0 Å². The molecule has 1 aliphatic heterocycles. The van der Waals surface area contributed by atoms with E-state index in [1.165, 1.54) is 42.5 Å². The van der Waals surface area contributed by atoms with Crippen molar-refractivity contribution < 1.29 is 31.9 Å². The minimum Gasteiger partial charge on any atom is -0.481 e. The summed E-state index contributed by atoms with van der Waals surface area (Å²) in [5.41, 5.74) is -0.0266. The van der Waals surface area contributed by atoms with E-state index in [0.29, 0.717) is 4.90 Å². The minimum absolute atomic E-state index is 0.0773. The molecule has 2 aromatic carbocycles. The first kappa shape index (κ1) is 18.7. The number of carbonyl (C=O) groups is 2. The van der Waals surface area contributed by atoms with Gasteiger partial charge in [-0.25, -0.2) is 4.39 Å². The number of anilines is 2. The van der Waals surface area contributed by atoms with E-state index in [-0.39, 0.29) is 17.1 Å². The van der Waals surface area contributed by atoms with E-state index in [4.69, 9.17) is 4.74 Å². The summed E-state index contributed by atoms with van der Waals surface area (Å²) in [6.07, 6.45) is -5.80. The molecule has 5 nitrogen and oxygen atoms in total. The molecule has 0 fully saturated rings. The van der Waals surface area contributed by atoms with Crippen molar-refractivity contribution in [1.29, 1.82) is 0 Å². The lowest BCUT2D eigenvalue weighted by molar-refractivity contribution is -0.158. The Balaban J connectivity index is 1.94. The van der Waals surface area contributed by atoms with Crippen molar-refractivity contribution in [2.24, 2.45) is 0 Å². The molecule has 0 bridgehead atoms. The predicted molar refractivity (Wildman–Crippen MR) is 88.9 cm³/mol. The second kappa shape index (κ2) is 7.26. The van der Waals surface area contributed by atoms with E-state index in [1.807, 2.05) is 0 Å². The number of fused-ring (bicyclic) bond motifs is 1. The molecule has 1 N–H and O–H groups in total. The van der Waals surface area contributed by atoms with Crippen LogP contribution in [-0.4, -0.2) is 30.6 Å². The Bertz CT molecular complexity index is 870. The number of hydrogen-bond donors (Lipinski definition) is 1. The Morgan fingerprint density at radius 1 is 1.15 bits per heavy atom. The van der Waals surface area contributed by atoms with Crippen molar-refractivity contribution in [3.05, 3.63) is 54.3 Å². The summed E-state index contributed by atoms with van der Waals surface area (Å²) in [7, 11) is 0. The van der Waals surface area contributed by atoms with Gasteiger partial charge in [0.15, 0.2) is 18.2 Å². The van der Waals surface area contributed by atoms with E-state index in [0.717, 1.165) is 6.07 Å². The molecule has 1 unspecified atom stereocenters. The van der Waals surface area contributed by atoms with Crippen LogP contribution in [0.1, 0.15) is 6.42 Å². The summed E-state index contributed by atoms with van der Waals surface area (Å²) in [5.74, 6) is -2.92. The molecule has 2 aromatic rings. The van der Waals surface area contributed by atoms with Crippen molar-refractivity contribution >= 4 is 23.2 Å². The lowest BCUT2D eigenvalue weighted by Gasteiger charge is -2.31. The van der Waals surface area contributed by atoms with E-state index in [1.54, 1.807) is 0 Å². The van der Waals surface area contributed by atoms with Crippen LogP contribution in [0.15, 0.2) is 48.5 Å². The average Bonchev–Trinajstić information content (AvgIpc) is 2.76. The first-order valence-electron chi connectivity index (χ1n) is 7.92. The Kier molecular flexibility index (Phi) is 5.02. The maximum Gasteiger partial charge on any atom is 0.409 e. The average molecular weight is 382 g/mol. The largest absolute Gasteiger partial charge is 0.481 e. The first-order valence-corrected chi connectivity index (χ1v) is 7.92. The van der Waals surface area contributed by atoms with Crippen LogP contribution in [-0.2, 0) is 9.59 Å². The van der Waals surface area contributed by atoms with Gasteiger partial charge in [0.05, 0.1) is 17.8 Å². The number of halogens is 4. The molecule has 3 rings (SSSR count). The maximum atomic E-state index is 13.6. The van der Waals surface area contributed by atoms with Crippen LogP contribution >= 0.6 is 0 Å². The van der Waals surface area contributed by atoms with Gasteiger partial charge < -0.3 is 10.1 Å². The topological polar surface area (TPSA) is 58.6 Å². The number of amides is 2. The predicted octanol–water partition coefficient (Wildman–Crippen LogP) is 3.51. The van der Waals surface area contributed by atoms with Crippen molar-refractivity contribution in [2.45, 2.75) is 18.6 Å². The zero-order valence-corrected chi connectivity index (χ0v) is 13.8. The molecule has 0 radical (unpaired) electrons. The summed E-state index contributed by atoms with van der Waals surface area (Å²) in [4.78, 5) is 24.9. The summed E-state index contributed by atoms with van der Waals surface area (Å²) in [6.45, 7) is -0.823. The zero-order valence-electron chi connectivity index (χ0n) is 13.8. The molecular weight excluding hydrogens is 368 g/mol. The number of benzene rings is 2. The molecule has 0 saturated heterocycles. The maximum absolute atomic E-state index is 13.6. The Labute approximate surface area is 151 Å². The molecule has 0 aromatic heterocycles. The standard InChI is InChI=1S/C18H14F4N2O3/c19-11-5-1-4-8-14(11)27-10-17(26)24-13-7-3-2-6-12(13)23-16(25)9-15(24)18(20,21)22/h1-8,15H,9-10H2,(H,23,25). The van der Waals surface area contributed by atoms with Crippen LogP contribution in [0.25, 0.3) is 0 Å². The number of hydrogen-bond acceptors (Lipinski definition) is 3. The fourth-order valence-corrected chi connectivity index (χ4v) is 2.77. The lowest BCUT2D eigenvalue weighted by Crippen LogP contribution is -2.51. The third-order valence-electron chi connectivity index (χ3n) is 3.96. The smallest absolute Gasteiger partial charge is 0.409 e. The van der Waals surface area contributed by atoms with Crippen LogP contribution in [0.2, 0.25) is 0 Å². The molecule has 142 valence electrons. The second-order valence-corrected chi connectivity index (χ2v) is 5.81. The number of nitrogens with one attached hydrogen (secondary N) is 1. The fraction of sp³-hybridized carbons (Fsp3) is 0.222. The number of ether oxygens (including phenoxy) is 1. The van der Waals surface area contributed by atoms with Crippen LogP contribution < -0.4 is 15.0 Å². The van der Waals surface area contributed by atoms with Gasteiger partial charge in [0, 0.05) is 0 Å². The van der Waals surface area contributed by atoms with Gasteiger partial charge in [-0.1, -0.05) is 24.3 Å². The van der Waals surface area contributed by atoms with Gasteiger partial charge in [0.1, 0.15) is 6.04 Å². The van der Waals surface area contributed by atoms with Crippen molar-refractivity contribution in [1.82, 2.24) is 0 Å².